The fraction of sp³-hybridized carbons (Fsp3) is 0.0769. The first kappa shape index (κ1) is 14.3. The van der Waals surface area contributed by atoms with E-state index in [1.807, 2.05) is 0 Å². The van der Waals surface area contributed by atoms with Gasteiger partial charge in [-0.3, -0.25) is 4.21 Å². The van der Waals surface area contributed by atoms with Gasteiger partial charge in [0.2, 0.25) is 0 Å². The summed E-state index contributed by atoms with van der Waals surface area (Å²) in [5, 5.41) is 0.475. The van der Waals surface area contributed by atoms with Gasteiger partial charge in [0.1, 0.15) is 5.82 Å². The highest BCUT2D eigenvalue weighted by Gasteiger charge is 2.10. The van der Waals surface area contributed by atoms with Crippen LogP contribution in [0.5, 0.6) is 0 Å². The van der Waals surface area contributed by atoms with E-state index < -0.39 is 16.6 Å². The molecular weight excluding hydrogens is 308 g/mol. The predicted octanol–water partition coefficient (Wildman–Crippen LogP) is 4.02. The maximum atomic E-state index is 13.0. The number of hydrogen-bond acceptors (Lipinski definition) is 2. The quantitative estimate of drug-likeness (QED) is 0.869. The minimum Gasteiger partial charge on any atom is -0.398 e. The smallest absolute Gasteiger partial charge is 0.141 e. The standard InChI is InChI=1S/C13H10Cl2FNOS/c14-9-1-4-13(17)8(5-9)7-19(18)10-2-3-12(16)11(15)6-10/h1-6H,7,17H2. The van der Waals surface area contributed by atoms with E-state index in [2.05, 4.69) is 0 Å². The SMILES string of the molecule is Nc1ccc(Cl)cc1CS(=O)c1ccc(F)c(Cl)c1. The monoisotopic (exact) mass is 317 g/mol. The minimum atomic E-state index is -1.36. The summed E-state index contributed by atoms with van der Waals surface area (Å²) in [6, 6.07) is 8.98. The van der Waals surface area contributed by atoms with E-state index in [-0.39, 0.29) is 10.8 Å². The van der Waals surface area contributed by atoms with Gasteiger partial charge >= 0.3 is 0 Å². The molecule has 0 aliphatic carbocycles. The Kier molecular flexibility index (Phi) is 4.45. The van der Waals surface area contributed by atoms with E-state index >= 15 is 0 Å². The van der Waals surface area contributed by atoms with Crippen LogP contribution in [0.4, 0.5) is 10.1 Å². The van der Waals surface area contributed by atoms with Crippen molar-refractivity contribution in [3.05, 3.63) is 57.8 Å². The summed E-state index contributed by atoms with van der Waals surface area (Å²) < 4.78 is 25.2. The van der Waals surface area contributed by atoms with Crippen molar-refractivity contribution >= 4 is 39.7 Å². The van der Waals surface area contributed by atoms with Crippen LogP contribution in [0.15, 0.2) is 41.3 Å². The molecule has 0 aliphatic rings. The second kappa shape index (κ2) is 5.90. The van der Waals surface area contributed by atoms with E-state index in [4.69, 9.17) is 28.9 Å². The van der Waals surface area contributed by atoms with Crippen molar-refractivity contribution in [2.24, 2.45) is 0 Å². The van der Waals surface area contributed by atoms with Crippen molar-refractivity contribution in [3.63, 3.8) is 0 Å². The van der Waals surface area contributed by atoms with Gasteiger partial charge in [0.25, 0.3) is 0 Å². The maximum Gasteiger partial charge on any atom is 0.141 e. The first-order valence-electron chi connectivity index (χ1n) is 5.34. The topological polar surface area (TPSA) is 43.1 Å². The Morgan fingerprint density at radius 1 is 1.16 bits per heavy atom. The molecule has 0 amide bonds. The largest absolute Gasteiger partial charge is 0.398 e. The number of rotatable bonds is 3. The summed E-state index contributed by atoms with van der Waals surface area (Å²) in [5.74, 6) is -0.335. The van der Waals surface area contributed by atoms with Gasteiger partial charge in [0, 0.05) is 15.6 Å². The lowest BCUT2D eigenvalue weighted by Crippen LogP contribution is -2.01. The number of halogens is 3. The van der Waals surface area contributed by atoms with Crippen molar-refractivity contribution < 1.29 is 8.60 Å². The number of nitrogen functional groups attached to an aromatic ring is 1. The van der Waals surface area contributed by atoms with Gasteiger partial charge in [-0.1, -0.05) is 23.2 Å². The van der Waals surface area contributed by atoms with Gasteiger partial charge in [-0.2, -0.15) is 0 Å². The Labute approximate surface area is 122 Å². The molecule has 0 spiro atoms. The van der Waals surface area contributed by atoms with Crippen molar-refractivity contribution in [3.8, 4) is 0 Å². The number of hydrogen-bond donors (Lipinski definition) is 1. The summed E-state index contributed by atoms with van der Waals surface area (Å²) in [7, 11) is -1.36. The Bertz CT molecular complexity index is 649. The molecule has 0 radical (unpaired) electrons. The van der Waals surface area contributed by atoms with Crippen LogP contribution in [0.2, 0.25) is 10.0 Å². The lowest BCUT2D eigenvalue weighted by atomic mass is 10.2. The molecule has 2 aromatic rings. The van der Waals surface area contributed by atoms with Crippen LogP contribution in [0.1, 0.15) is 5.56 Å². The normalized spacial score (nSPS) is 12.4. The van der Waals surface area contributed by atoms with Gasteiger partial charge in [-0.05, 0) is 42.0 Å². The Hall–Kier alpha value is -1.10. The first-order valence-corrected chi connectivity index (χ1v) is 7.42. The summed E-state index contributed by atoms with van der Waals surface area (Å²) in [5.41, 5.74) is 7.00. The van der Waals surface area contributed by atoms with E-state index in [9.17, 15) is 8.60 Å². The second-order valence-corrected chi connectivity index (χ2v) is 6.20. The molecule has 2 nitrogen and oxygen atoms in total. The lowest BCUT2D eigenvalue weighted by molar-refractivity contribution is 0.626. The van der Waals surface area contributed by atoms with E-state index in [0.29, 0.717) is 21.2 Å². The molecule has 0 aliphatic heterocycles. The van der Waals surface area contributed by atoms with Crippen molar-refractivity contribution in [1.29, 1.82) is 0 Å². The van der Waals surface area contributed by atoms with E-state index in [0.717, 1.165) is 0 Å². The van der Waals surface area contributed by atoms with Gasteiger partial charge in [-0.15, -0.1) is 0 Å². The van der Waals surface area contributed by atoms with E-state index in [1.165, 1.54) is 18.2 Å². The molecule has 19 heavy (non-hydrogen) atoms. The molecule has 2 aromatic carbocycles. The summed E-state index contributed by atoms with van der Waals surface area (Å²) in [6.45, 7) is 0. The molecular formula is C13H10Cl2FNOS. The van der Waals surface area contributed by atoms with E-state index in [1.54, 1.807) is 18.2 Å². The predicted molar refractivity (Wildman–Crippen MR) is 77.4 cm³/mol. The fourth-order valence-corrected chi connectivity index (χ4v) is 3.15. The molecule has 0 saturated carbocycles. The fourth-order valence-electron chi connectivity index (χ4n) is 1.54. The molecule has 0 saturated heterocycles. The molecule has 6 heteroatoms. The highest BCUT2D eigenvalue weighted by Crippen LogP contribution is 2.23. The molecule has 0 heterocycles. The molecule has 2 rings (SSSR count). The van der Waals surface area contributed by atoms with Gasteiger partial charge < -0.3 is 5.73 Å². The Morgan fingerprint density at radius 3 is 2.58 bits per heavy atom. The van der Waals surface area contributed by atoms with Gasteiger partial charge in [-0.25, -0.2) is 4.39 Å². The number of benzene rings is 2. The molecule has 100 valence electrons. The molecule has 1 atom stereocenters. The van der Waals surface area contributed by atoms with Crippen LogP contribution in [-0.4, -0.2) is 4.21 Å². The molecule has 0 bridgehead atoms. The molecule has 2 N–H and O–H groups in total. The minimum absolute atomic E-state index is 0.0510. The second-order valence-electron chi connectivity index (χ2n) is 3.91. The molecule has 1 unspecified atom stereocenters. The lowest BCUT2D eigenvalue weighted by Gasteiger charge is -2.07. The average molecular weight is 318 g/mol. The van der Waals surface area contributed by atoms with Crippen LogP contribution >= 0.6 is 23.2 Å². The summed E-state index contributed by atoms with van der Waals surface area (Å²) in [6.07, 6.45) is 0. The third-order valence-corrected chi connectivity index (χ3v) is 4.42. The zero-order valence-electron chi connectivity index (χ0n) is 9.70. The van der Waals surface area contributed by atoms with Crippen LogP contribution in [0.25, 0.3) is 0 Å². The van der Waals surface area contributed by atoms with Gasteiger partial charge in [0.15, 0.2) is 0 Å². The Balaban J connectivity index is 2.25. The highest BCUT2D eigenvalue weighted by atomic mass is 35.5. The third kappa shape index (κ3) is 3.47. The van der Waals surface area contributed by atoms with Crippen LogP contribution in [0.3, 0.4) is 0 Å². The Morgan fingerprint density at radius 2 is 1.89 bits per heavy atom. The number of nitrogens with two attached hydrogens (primary N) is 1. The molecule has 0 fully saturated rings. The zero-order chi connectivity index (χ0) is 14.0. The molecule has 0 aromatic heterocycles. The van der Waals surface area contributed by atoms with Crippen LogP contribution in [-0.2, 0) is 16.6 Å². The summed E-state index contributed by atoms with van der Waals surface area (Å²) >= 11 is 11.5. The van der Waals surface area contributed by atoms with Crippen molar-refractivity contribution in [2.45, 2.75) is 10.6 Å². The first-order chi connectivity index (χ1) is 8.97. The highest BCUT2D eigenvalue weighted by molar-refractivity contribution is 7.84. The number of anilines is 1. The van der Waals surface area contributed by atoms with Crippen molar-refractivity contribution in [2.75, 3.05) is 5.73 Å². The van der Waals surface area contributed by atoms with Crippen LogP contribution in [0, 0.1) is 5.82 Å². The average Bonchev–Trinajstić information content (AvgIpc) is 2.37. The maximum absolute atomic E-state index is 13.0. The zero-order valence-corrected chi connectivity index (χ0v) is 12.0. The van der Waals surface area contributed by atoms with Gasteiger partial charge in [0.05, 0.1) is 21.6 Å². The van der Waals surface area contributed by atoms with Crippen LogP contribution < -0.4 is 5.73 Å². The third-order valence-electron chi connectivity index (χ3n) is 2.55. The summed E-state index contributed by atoms with van der Waals surface area (Å²) in [4.78, 5) is 0.450. The van der Waals surface area contributed by atoms with Crippen molar-refractivity contribution in [1.82, 2.24) is 0 Å².